The third kappa shape index (κ3) is 4.51. The topological polar surface area (TPSA) is 18.5 Å². The second kappa shape index (κ2) is 6.10. The molecular weight excluding hydrogens is 226 g/mol. The van der Waals surface area contributed by atoms with Crippen molar-refractivity contribution in [3.8, 4) is 0 Å². The van der Waals surface area contributed by atoms with Gasteiger partial charge in [-0.2, -0.15) is 0 Å². The number of hydrogen-bond acceptors (Lipinski definition) is 2. The third-order valence-corrected chi connectivity index (χ3v) is 3.71. The average molecular weight is 248 g/mol. The number of ether oxygens (including phenoxy) is 2. The maximum absolute atomic E-state index is 13.5. The highest BCUT2D eigenvalue weighted by atomic mass is 19.3. The largest absolute Gasteiger partial charge is 0.486 e. The molecule has 0 radical (unpaired) electrons. The van der Waals surface area contributed by atoms with E-state index in [0.717, 1.165) is 64.2 Å². The van der Waals surface area contributed by atoms with Crippen molar-refractivity contribution < 1.29 is 18.3 Å². The Morgan fingerprint density at radius 1 is 0.647 bits per heavy atom. The first-order chi connectivity index (χ1) is 8.16. The SMILES string of the molecule is FC(F)(OC1CCCCC1)OC1CCCCC1. The molecule has 0 amide bonds. The first-order valence-corrected chi connectivity index (χ1v) is 6.89. The minimum atomic E-state index is -3.38. The zero-order valence-electron chi connectivity index (χ0n) is 10.3. The van der Waals surface area contributed by atoms with Gasteiger partial charge in [-0.15, -0.1) is 8.78 Å². The maximum Gasteiger partial charge on any atom is 0.486 e. The highest BCUT2D eigenvalue weighted by molar-refractivity contribution is 4.68. The van der Waals surface area contributed by atoms with Gasteiger partial charge in [-0.3, -0.25) is 9.47 Å². The molecule has 2 aliphatic rings. The van der Waals surface area contributed by atoms with Gasteiger partial charge in [0, 0.05) is 0 Å². The Balaban J connectivity index is 1.75. The summed E-state index contributed by atoms with van der Waals surface area (Å²) in [5, 5.41) is 0. The minimum Gasteiger partial charge on any atom is -0.292 e. The molecule has 0 N–H and O–H groups in total. The van der Waals surface area contributed by atoms with Crippen molar-refractivity contribution in [1.82, 2.24) is 0 Å². The second-order valence-electron chi connectivity index (χ2n) is 5.22. The molecule has 4 heteroatoms. The van der Waals surface area contributed by atoms with Gasteiger partial charge in [0.1, 0.15) is 0 Å². The summed E-state index contributed by atoms with van der Waals surface area (Å²) in [6.07, 6.45) is 5.17. The lowest BCUT2D eigenvalue weighted by Gasteiger charge is -2.30. The van der Waals surface area contributed by atoms with Crippen LogP contribution in [0.25, 0.3) is 0 Å². The number of hydrogen-bond donors (Lipinski definition) is 0. The summed E-state index contributed by atoms with van der Waals surface area (Å²) >= 11 is 0. The van der Waals surface area contributed by atoms with Crippen LogP contribution in [0.5, 0.6) is 0 Å². The Morgan fingerprint density at radius 2 is 1.00 bits per heavy atom. The van der Waals surface area contributed by atoms with Crippen LogP contribution < -0.4 is 0 Å². The molecule has 0 heterocycles. The Kier molecular flexibility index (Phi) is 4.74. The summed E-state index contributed by atoms with van der Waals surface area (Å²) in [4.78, 5) is 0. The van der Waals surface area contributed by atoms with Gasteiger partial charge in [0.05, 0.1) is 12.2 Å². The zero-order valence-corrected chi connectivity index (χ0v) is 10.3. The first kappa shape index (κ1) is 13.2. The molecule has 2 saturated carbocycles. The summed E-state index contributed by atoms with van der Waals surface area (Å²) in [6.45, 7) is 0. The van der Waals surface area contributed by atoms with E-state index in [9.17, 15) is 8.78 Å². The van der Waals surface area contributed by atoms with Crippen molar-refractivity contribution >= 4 is 0 Å². The van der Waals surface area contributed by atoms with Gasteiger partial charge in [-0.1, -0.05) is 38.5 Å². The van der Waals surface area contributed by atoms with E-state index in [0.29, 0.717) is 0 Å². The number of rotatable bonds is 4. The van der Waals surface area contributed by atoms with Crippen molar-refractivity contribution in [2.24, 2.45) is 0 Å². The van der Waals surface area contributed by atoms with Gasteiger partial charge in [-0.25, -0.2) is 0 Å². The molecule has 0 saturated heterocycles. The van der Waals surface area contributed by atoms with Gasteiger partial charge in [0.2, 0.25) is 0 Å². The van der Waals surface area contributed by atoms with Crippen LogP contribution in [-0.4, -0.2) is 18.5 Å². The Bertz CT molecular complexity index is 199. The van der Waals surface area contributed by atoms with Gasteiger partial charge in [-0.05, 0) is 25.7 Å². The van der Waals surface area contributed by atoms with Crippen LogP contribution in [0.4, 0.5) is 8.78 Å². The Hall–Kier alpha value is -0.220. The second-order valence-corrected chi connectivity index (χ2v) is 5.22. The summed E-state index contributed by atoms with van der Waals surface area (Å²) in [5.74, 6) is 0. The van der Waals surface area contributed by atoms with Crippen molar-refractivity contribution in [2.45, 2.75) is 82.7 Å². The van der Waals surface area contributed by atoms with Crippen molar-refractivity contribution in [3.63, 3.8) is 0 Å². The van der Waals surface area contributed by atoms with Crippen LogP contribution in [0.2, 0.25) is 0 Å². The predicted molar refractivity (Wildman–Crippen MR) is 60.9 cm³/mol. The lowest BCUT2D eigenvalue weighted by Crippen LogP contribution is -2.36. The fourth-order valence-electron chi connectivity index (χ4n) is 2.78. The van der Waals surface area contributed by atoms with E-state index < -0.39 is 6.29 Å². The molecule has 2 fully saturated rings. The van der Waals surface area contributed by atoms with Gasteiger partial charge in [0.25, 0.3) is 0 Å². The van der Waals surface area contributed by atoms with Crippen molar-refractivity contribution in [1.29, 1.82) is 0 Å². The third-order valence-electron chi connectivity index (χ3n) is 3.71. The van der Waals surface area contributed by atoms with E-state index in [4.69, 9.17) is 9.47 Å². The fourth-order valence-corrected chi connectivity index (χ4v) is 2.78. The molecule has 0 spiro atoms. The lowest BCUT2D eigenvalue weighted by atomic mass is 9.97. The summed E-state index contributed by atoms with van der Waals surface area (Å²) in [5.41, 5.74) is 0. The zero-order chi connectivity index (χ0) is 12.1. The molecule has 0 aromatic carbocycles. The van der Waals surface area contributed by atoms with E-state index in [2.05, 4.69) is 0 Å². The number of alkyl halides is 2. The fraction of sp³-hybridized carbons (Fsp3) is 1.00. The van der Waals surface area contributed by atoms with Crippen LogP contribution in [0, 0.1) is 0 Å². The first-order valence-electron chi connectivity index (χ1n) is 6.89. The van der Waals surface area contributed by atoms with E-state index >= 15 is 0 Å². The maximum atomic E-state index is 13.5. The molecule has 0 aliphatic heterocycles. The Morgan fingerprint density at radius 3 is 1.35 bits per heavy atom. The molecular formula is C13H22F2O2. The van der Waals surface area contributed by atoms with E-state index in [1.54, 1.807) is 0 Å². The quantitative estimate of drug-likeness (QED) is 0.693. The van der Waals surface area contributed by atoms with Crippen LogP contribution in [0.3, 0.4) is 0 Å². The van der Waals surface area contributed by atoms with Crippen LogP contribution >= 0.6 is 0 Å². The van der Waals surface area contributed by atoms with Crippen molar-refractivity contribution in [2.75, 3.05) is 0 Å². The van der Waals surface area contributed by atoms with Gasteiger partial charge >= 0.3 is 6.29 Å². The van der Waals surface area contributed by atoms with Crippen LogP contribution in [-0.2, 0) is 9.47 Å². The molecule has 2 nitrogen and oxygen atoms in total. The highest BCUT2D eigenvalue weighted by Crippen LogP contribution is 2.31. The average Bonchev–Trinajstić information content (AvgIpc) is 2.30. The predicted octanol–water partition coefficient (Wildman–Crippen LogP) is 4.24. The van der Waals surface area contributed by atoms with E-state index in [1.165, 1.54) is 0 Å². The van der Waals surface area contributed by atoms with Crippen LogP contribution in [0.1, 0.15) is 64.2 Å². The standard InChI is InChI=1S/C13H22F2O2/c14-13(15,16-11-7-3-1-4-8-11)17-12-9-5-2-6-10-12/h11-12H,1-10H2. The molecule has 0 aromatic heterocycles. The number of halogens is 2. The molecule has 2 rings (SSSR count). The Labute approximate surface area is 102 Å². The lowest BCUT2D eigenvalue weighted by molar-refractivity contribution is -0.421. The summed E-state index contributed by atoms with van der Waals surface area (Å²) in [6, 6.07) is 0. The van der Waals surface area contributed by atoms with Crippen LogP contribution in [0.15, 0.2) is 0 Å². The molecule has 0 bridgehead atoms. The van der Waals surface area contributed by atoms with E-state index in [-0.39, 0.29) is 12.2 Å². The van der Waals surface area contributed by atoms with Gasteiger partial charge in [0.15, 0.2) is 0 Å². The highest BCUT2D eigenvalue weighted by Gasteiger charge is 2.38. The van der Waals surface area contributed by atoms with Gasteiger partial charge < -0.3 is 0 Å². The molecule has 100 valence electrons. The molecule has 0 unspecified atom stereocenters. The van der Waals surface area contributed by atoms with E-state index in [1.807, 2.05) is 0 Å². The molecule has 0 aromatic rings. The molecule has 0 atom stereocenters. The smallest absolute Gasteiger partial charge is 0.292 e. The van der Waals surface area contributed by atoms with Crippen molar-refractivity contribution in [3.05, 3.63) is 0 Å². The molecule has 2 aliphatic carbocycles. The normalized spacial score (nSPS) is 25.1. The molecule has 17 heavy (non-hydrogen) atoms. The minimum absolute atomic E-state index is 0.317. The summed E-state index contributed by atoms with van der Waals surface area (Å²) < 4.78 is 36.7. The monoisotopic (exact) mass is 248 g/mol. The summed E-state index contributed by atoms with van der Waals surface area (Å²) in [7, 11) is 0.